The van der Waals surface area contributed by atoms with E-state index >= 15 is 0 Å². The molecule has 0 aliphatic heterocycles. The summed E-state index contributed by atoms with van der Waals surface area (Å²) in [4.78, 5) is 35.5. The first-order chi connectivity index (χ1) is 12.0. The first-order valence-corrected chi connectivity index (χ1v) is 8.28. The third kappa shape index (κ3) is 6.07. The van der Waals surface area contributed by atoms with Crippen LogP contribution < -0.4 is 10.6 Å². The minimum atomic E-state index is -0.980. The van der Waals surface area contributed by atoms with Crippen LogP contribution in [0.5, 0.6) is 0 Å². The number of furan rings is 1. The monoisotopic (exact) mass is 408 g/mol. The van der Waals surface area contributed by atoms with Crippen LogP contribution in [0.15, 0.2) is 51.6 Å². The van der Waals surface area contributed by atoms with Crippen molar-refractivity contribution >= 4 is 33.7 Å². The molecule has 2 amide bonds. The summed E-state index contributed by atoms with van der Waals surface area (Å²) in [5.74, 6) is -0.969. The molecule has 7 nitrogen and oxygen atoms in total. The molecule has 0 aliphatic rings. The molecular formula is C17H17BrN2O5. The van der Waals surface area contributed by atoms with E-state index in [1.807, 2.05) is 0 Å². The molecule has 0 spiro atoms. The van der Waals surface area contributed by atoms with Crippen LogP contribution in [0.4, 0.5) is 0 Å². The fourth-order valence-corrected chi connectivity index (χ4v) is 2.14. The molecule has 0 unspecified atom stereocenters. The lowest BCUT2D eigenvalue weighted by atomic mass is 10.2. The van der Waals surface area contributed by atoms with Crippen LogP contribution in [0.1, 0.15) is 23.0 Å². The number of hydrogen-bond acceptors (Lipinski definition) is 5. The summed E-state index contributed by atoms with van der Waals surface area (Å²) >= 11 is 3.27. The molecule has 1 aromatic carbocycles. The lowest BCUT2D eigenvalue weighted by Crippen LogP contribution is -2.38. The van der Waals surface area contributed by atoms with E-state index in [0.29, 0.717) is 11.3 Å². The number of carbonyl (C=O) groups excluding carboxylic acids is 3. The van der Waals surface area contributed by atoms with Gasteiger partial charge in [-0.1, -0.05) is 15.9 Å². The van der Waals surface area contributed by atoms with Gasteiger partial charge in [-0.05, 0) is 43.3 Å². The van der Waals surface area contributed by atoms with Crippen molar-refractivity contribution in [2.24, 2.45) is 0 Å². The third-order valence-corrected chi connectivity index (χ3v) is 3.72. The Bertz CT molecular complexity index is 728. The van der Waals surface area contributed by atoms with Crippen LogP contribution in [-0.2, 0) is 20.9 Å². The third-order valence-electron chi connectivity index (χ3n) is 3.19. The Balaban J connectivity index is 1.72. The van der Waals surface area contributed by atoms with Gasteiger partial charge in [-0.25, -0.2) is 0 Å². The summed E-state index contributed by atoms with van der Waals surface area (Å²) in [6, 6.07) is 10.1. The van der Waals surface area contributed by atoms with Gasteiger partial charge in [0.1, 0.15) is 12.3 Å². The predicted octanol–water partition coefficient (Wildman–Crippen LogP) is 2.02. The van der Waals surface area contributed by atoms with Crippen molar-refractivity contribution in [1.29, 1.82) is 0 Å². The van der Waals surface area contributed by atoms with Crippen LogP contribution >= 0.6 is 15.9 Å². The predicted molar refractivity (Wildman–Crippen MR) is 92.6 cm³/mol. The topological polar surface area (TPSA) is 97.6 Å². The molecule has 0 aliphatic carbocycles. The number of esters is 1. The number of nitrogens with one attached hydrogen (secondary N) is 2. The fourth-order valence-electron chi connectivity index (χ4n) is 1.88. The van der Waals surface area contributed by atoms with Crippen molar-refractivity contribution in [3.63, 3.8) is 0 Å². The van der Waals surface area contributed by atoms with Crippen molar-refractivity contribution < 1.29 is 23.5 Å². The molecule has 132 valence electrons. The van der Waals surface area contributed by atoms with Gasteiger partial charge in [-0.2, -0.15) is 0 Å². The van der Waals surface area contributed by atoms with Crippen molar-refractivity contribution in [3.8, 4) is 0 Å². The van der Waals surface area contributed by atoms with Crippen LogP contribution in [0.3, 0.4) is 0 Å². The highest BCUT2D eigenvalue weighted by Crippen LogP contribution is 2.10. The zero-order valence-corrected chi connectivity index (χ0v) is 15.0. The maximum atomic E-state index is 11.9. The van der Waals surface area contributed by atoms with Crippen LogP contribution in [-0.4, -0.2) is 30.4 Å². The fraction of sp³-hybridized carbons (Fsp3) is 0.235. The summed E-state index contributed by atoms with van der Waals surface area (Å²) in [5.41, 5.74) is 0.417. The Labute approximate surface area is 152 Å². The van der Waals surface area contributed by atoms with E-state index < -0.39 is 23.9 Å². The Morgan fingerprint density at radius 3 is 2.52 bits per heavy atom. The zero-order chi connectivity index (χ0) is 18.2. The Kier molecular flexibility index (Phi) is 6.76. The van der Waals surface area contributed by atoms with Crippen LogP contribution in [0.2, 0.25) is 0 Å². The quantitative estimate of drug-likeness (QED) is 0.682. The number of rotatable bonds is 7. The van der Waals surface area contributed by atoms with Crippen molar-refractivity contribution in [1.82, 2.24) is 10.6 Å². The molecule has 1 atom stereocenters. The number of halogens is 1. The van der Waals surface area contributed by atoms with Gasteiger partial charge in [0.15, 0.2) is 6.10 Å². The van der Waals surface area contributed by atoms with Crippen molar-refractivity contribution in [2.75, 3.05) is 6.54 Å². The molecule has 0 radical (unpaired) electrons. The average molecular weight is 409 g/mol. The van der Waals surface area contributed by atoms with E-state index in [2.05, 4.69) is 26.6 Å². The highest BCUT2D eigenvalue weighted by Gasteiger charge is 2.18. The molecule has 8 heteroatoms. The summed E-state index contributed by atoms with van der Waals surface area (Å²) < 4.78 is 10.9. The minimum absolute atomic E-state index is 0.202. The molecule has 0 bridgehead atoms. The van der Waals surface area contributed by atoms with E-state index in [-0.39, 0.29) is 13.1 Å². The van der Waals surface area contributed by atoms with Gasteiger partial charge in [0.25, 0.3) is 11.8 Å². The highest BCUT2D eigenvalue weighted by molar-refractivity contribution is 9.10. The molecule has 1 aromatic heterocycles. The molecular weight excluding hydrogens is 392 g/mol. The first kappa shape index (κ1) is 18.7. The second-order valence-corrected chi connectivity index (χ2v) is 6.03. The maximum absolute atomic E-state index is 11.9. The van der Waals surface area contributed by atoms with Gasteiger partial charge in [-0.3, -0.25) is 14.4 Å². The largest absolute Gasteiger partial charge is 0.467 e. The smallest absolute Gasteiger partial charge is 0.326 e. The van der Waals surface area contributed by atoms with Crippen molar-refractivity contribution in [2.45, 2.75) is 19.6 Å². The van der Waals surface area contributed by atoms with Gasteiger partial charge < -0.3 is 19.8 Å². The molecule has 0 fully saturated rings. The Morgan fingerprint density at radius 2 is 1.88 bits per heavy atom. The lowest BCUT2D eigenvalue weighted by molar-refractivity contribution is -0.153. The Hall–Kier alpha value is -2.61. The molecule has 2 N–H and O–H groups in total. The number of benzene rings is 1. The van der Waals surface area contributed by atoms with E-state index in [1.165, 1.54) is 13.2 Å². The minimum Gasteiger partial charge on any atom is -0.467 e. The standard InChI is InChI=1S/C17H17BrN2O5/c1-11(16(22)19-9-14-3-2-8-24-14)25-15(21)10-20-17(23)12-4-6-13(18)7-5-12/h2-8,11H,9-10H2,1H3,(H,19,22)(H,20,23)/t11-/m1/s1. The summed E-state index contributed by atoms with van der Waals surface area (Å²) in [6.07, 6.45) is 0.519. The van der Waals surface area contributed by atoms with E-state index in [4.69, 9.17) is 9.15 Å². The Morgan fingerprint density at radius 1 is 1.16 bits per heavy atom. The van der Waals surface area contributed by atoms with E-state index in [9.17, 15) is 14.4 Å². The SMILES string of the molecule is C[C@@H](OC(=O)CNC(=O)c1ccc(Br)cc1)C(=O)NCc1ccco1. The second kappa shape index (κ2) is 9.03. The molecule has 2 rings (SSSR count). The van der Waals surface area contributed by atoms with Gasteiger partial charge in [0.2, 0.25) is 0 Å². The van der Waals surface area contributed by atoms with Gasteiger partial charge in [0.05, 0.1) is 12.8 Å². The highest BCUT2D eigenvalue weighted by atomic mass is 79.9. The maximum Gasteiger partial charge on any atom is 0.326 e. The number of carbonyl (C=O) groups is 3. The molecule has 0 saturated heterocycles. The van der Waals surface area contributed by atoms with E-state index in [1.54, 1.807) is 36.4 Å². The summed E-state index contributed by atoms with van der Waals surface area (Å²) in [5, 5.41) is 5.03. The first-order valence-electron chi connectivity index (χ1n) is 7.49. The normalized spacial score (nSPS) is 11.4. The van der Waals surface area contributed by atoms with Gasteiger partial charge in [0, 0.05) is 10.0 Å². The average Bonchev–Trinajstić information content (AvgIpc) is 3.11. The van der Waals surface area contributed by atoms with E-state index in [0.717, 1.165) is 4.47 Å². The van der Waals surface area contributed by atoms with Crippen molar-refractivity contribution in [3.05, 3.63) is 58.5 Å². The van der Waals surface area contributed by atoms with Gasteiger partial charge in [-0.15, -0.1) is 0 Å². The van der Waals surface area contributed by atoms with Crippen LogP contribution in [0.25, 0.3) is 0 Å². The number of amides is 2. The second-order valence-electron chi connectivity index (χ2n) is 5.12. The molecule has 0 saturated carbocycles. The number of ether oxygens (including phenoxy) is 1. The number of hydrogen-bond donors (Lipinski definition) is 2. The van der Waals surface area contributed by atoms with Gasteiger partial charge >= 0.3 is 5.97 Å². The zero-order valence-electron chi connectivity index (χ0n) is 13.5. The summed E-state index contributed by atoms with van der Waals surface area (Å²) in [7, 11) is 0. The summed E-state index contributed by atoms with van der Waals surface area (Å²) in [6.45, 7) is 1.32. The molecule has 1 heterocycles. The molecule has 2 aromatic rings. The van der Waals surface area contributed by atoms with Crippen LogP contribution in [0, 0.1) is 0 Å². The lowest BCUT2D eigenvalue weighted by Gasteiger charge is -2.13. The molecule has 25 heavy (non-hydrogen) atoms.